The SMILES string of the molecule is CC(C)c1ccc(NC(=S)N2CCN(c3ncccc3O)CC2)cc1. The fourth-order valence-electron chi connectivity index (χ4n) is 2.91. The van der Waals surface area contributed by atoms with Crippen LogP contribution in [0.25, 0.3) is 0 Å². The summed E-state index contributed by atoms with van der Waals surface area (Å²) in [6.45, 7) is 7.52. The number of anilines is 2. The lowest BCUT2D eigenvalue weighted by Gasteiger charge is -2.36. The number of hydrogen-bond acceptors (Lipinski definition) is 4. The number of piperazine rings is 1. The monoisotopic (exact) mass is 356 g/mol. The van der Waals surface area contributed by atoms with E-state index in [-0.39, 0.29) is 5.75 Å². The quantitative estimate of drug-likeness (QED) is 0.822. The standard InChI is InChI=1S/C19H24N4OS/c1-14(2)15-5-7-16(8-6-15)21-19(25)23-12-10-22(11-13-23)18-17(24)4-3-9-20-18/h3-9,14,24H,10-13H2,1-2H3,(H,21,25). The van der Waals surface area contributed by atoms with E-state index in [1.54, 1.807) is 18.3 Å². The zero-order valence-corrected chi connectivity index (χ0v) is 15.5. The molecule has 0 spiro atoms. The first-order chi connectivity index (χ1) is 12.0. The Kier molecular flexibility index (Phi) is 5.38. The third-order valence-corrected chi connectivity index (χ3v) is 4.82. The van der Waals surface area contributed by atoms with Crippen LogP contribution in [0.4, 0.5) is 11.5 Å². The molecular formula is C19H24N4OS. The Balaban J connectivity index is 1.55. The lowest BCUT2D eigenvalue weighted by molar-refractivity contribution is 0.385. The van der Waals surface area contributed by atoms with Crippen molar-refractivity contribution in [1.82, 2.24) is 9.88 Å². The van der Waals surface area contributed by atoms with Crippen LogP contribution in [-0.2, 0) is 0 Å². The zero-order valence-electron chi connectivity index (χ0n) is 14.6. The highest BCUT2D eigenvalue weighted by atomic mass is 32.1. The molecule has 3 rings (SSSR count). The first kappa shape index (κ1) is 17.5. The minimum atomic E-state index is 0.224. The Morgan fingerprint density at radius 1 is 1.12 bits per heavy atom. The molecule has 5 nitrogen and oxygen atoms in total. The number of nitrogens with one attached hydrogen (secondary N) is 1. The molecule has 1 aromatic carbocycles. The van der Waals surface area contributed by atoms with Crippen molar-refractivity contribution in [3.63, 3.8) is 0 Å². The van der Waals surface area contributed by atoms with Crippen LogP contribution in [0.5, 0.6) is 5.75 Å². The van der Waals surface area contributed by atoms with Gasteiger partial charge in [0.2, 0.25) is 0 Å². The lowest BCUT2D eigenvalue weighted by Crippen LogP contribution is -2.50. The first-order valence-electron chi connectivity index (χ1n) is 8.59. The number of rotatable bonds is 3. The van der Waals surface area contributed by atoms with Crippen molar-refractivity contribution in [2.75, 3.05) is 36.4 Å². The van der Waals surface area contributed by atoms with Gasteiger partial charge in [0.05, 0.1) is 0 Å². The molecule has 0 atom stereocenters. The molecule has 1 saturated heterocycles. The molecular weight excluding hydrogens is 332 g/mol. The first-order valence-corrected chi connectivity index (χ1v) is 9.00. The third-order valence-electron chi connectivity index (χ3n) is 4.46. The van der Waals surface area contributed by atoms with Gasteiger partial charge in [-0.05, 0) is 48.0 Å². The van der Waals surface area contributed by atoms with Gasteiger partial charge in [0.15, 0.2) is 16.7 Å². The van der Waals surface area contributed by atoms with Gasteiger partial charge in [-0.25, -0.2) is 4.98 Å². The number of nitrogens with zero attached hydrogens (tertiary/aromatic N) is 3. The molecule has 132 valence electrons. The van der Waals surface area contributed by atoms with E-state index in [2.05, 4.69) is 58.2 Å². The second kappa shape index (κ2) is 7.70. The van der Waals surface area contributed by atoms with E-state index in [0.29, 0.717) is 11.7 Å². The predicted octanol–water partition coefficient (Wildman–Crippen LogP) is 3.43. The van der Waals surface area contributed by atoms with Gasteiger partial charge in [-0.3, -0.25) is 0 Å². The van der Waals surface area contributed by atoms with Crippen LogP contribution in [0.3, 0.4) is 0 Å². The second-order valence-corrected chi connectivity index (χ2v) is 6.91. The van der Waals surface area contributed by atoms with Crippen molar-refractivity contribution in [3.8, 4) is 5.75 Å². The summed E-state index contributed by atoms with van der Waals surface area (Å²) in [4.78, 5) is 8.52. The van der Waals surface area contributed by atoms with E-state index in [9.17, 15) is 5.11 Å². The van der Waals surface area contributed by atoms with E-state index in [1.807, 2.05) is 0 Å². The van der Waals surface area contributed by atoms with Crippen molar-refractivity contribution in [3.05, 3.63) is 48.2 Å². The Bertz CT molecular complexity index is 724. The van der Waals surface area contributed by atoms with E-state index in [1.165, 1.54) is 5.56 Å². The van der Waals surface area contributed by atoms with Crippen LogP contribution in [0.15, 0.2) is 42.6 Å². The number of thiocarbonyl (C=S) groups is 1. The fourth-order valence-corrected chi connectivity index (χ4v) is 3.21. The highest BCUT2D eigenvalue weighted by molar-refractivity contribution is 7.80. The number of benzene rings is 1. The predicted molar refractivity (Wildman–Crippen MR) is 106 cm³/mol. The van der Waals surface area contributed by atoms with Crippen LogP contribution in [0.2, 0.25) is 0 Å². The zero-order chi connectivity index (χ0) is 17.8. The van der Waals surface area contributed by atoms with Crippen LogP contribution in [0.1, 0.15) is 25.3 Å². The van der Waals surface area contributed by atoms with Crippen molar-refractivity contribution < 1.29 is 5.11 Å². The summed E-state index contributed by atoms with van der Waals surface area (Å²) in [5, 5.41) is 14.0. The van der Waals surface area contributed by atoms with Gasteiger partial charge in [-0.15, -0.1) is 0 Å². The molecule has 2 heterocycles. The van der Waals surface area contributed by atoms with Gasteiger partial charge in [-0.2, -0.15) is 0 Å². The van der Waals surface area contributed by atoms with Gasteiger partial charge in [0, 0.05) is 38.1 Å². The maximum Gasteiger partial charge on any atom is 0.173 e. The van der Waals surface area contributed by atoms with Gasteiger partial charge in [0.1, 0.15) is 0 Å². The Labute approximate surface area is 154 Å². The van der Waals surface area contributed by atoms with Gasteiger partial charge in [0.25, 0.3) is 0 Å². The molecule has 2 aromatic rings. The maximum atomic E-state index is 9.94. The number of aromatic nitrogens is 1. The van der Waals surface area contributed by atoms with Crippen LogP contribution >= 0.6 is 12.2 Å². The van der Waals surface area contributed by atoms with Crippen molar-refractivity contribution >= 4 is 28.8 Å². The smallest absolute Gasteiger partial charge is 0.173 e. The molecule has 1 fully saturated rings. The summed E-state index contributed by atoms with van der Waals surface area (Å²) in [6, 6.07) is 11.8. The van der Waals surface area contributed by atoms with Crippen molar-refractivity contribution in [2.45, 2.75) is 19.8 Å². The lowest BCUT2D eigenvalue weighted by atomic mass is 10.0. The maximum absolute atomic E-state index is 9.94. The van der Waals surface area contributed by atoms with Crippen LogP contribution < -0.4 is 10.2 Å². The molecule has 25 heavy (non-hydrogen) atoms. The minimum Gasteiger partial charge on any atom is -0.504 e. The second-order valence-electron chi connectivity index (χ2n) is 6.53. The molecule has 2 N–H and O–H groups in total. The van der Waals surface area contributed by atoms with Crippen molar-refractivity contribution in [1.29, 1.82) is 0 Å². The fraction of sp³-hybridized carbons (Fsp3) is 0.368. The summed E-state index contributed by atoms with van der Waals surface area (Å²) >= 11 is 5.55. The Morgan fingerprint density at radius 3 is 2.40 bits per heavy atom. The molecule has 1 aliphatic heterocycles. The molecule has 0 amide bonds. The molecule has 0 unspecified atom stereocenters. The summed E-state index contributed by atoms with van der Waals surface area (Å²) in [6.07, 6.45) is 1.70. The molecule has 0 saturated carbocycles. The number of hydrogen-bond donors (Lipinski definition) is 2. The molecule has 0 aliphatic carbocycles. The number of pyridine rings is 1. The van der Waals surface area contributed by atoms with E-state index in [4.69, 9.17) is 12.2 Å². The Hall–Kier alpha value is -2.34. The van der Waals surface area contributed by atoms with E-state index in [0.717, 1.165) is 37.0 Å². The normalized spacial score (nSPS) is 14.7. The van der Waals surface area contributed by atoms with E-state index < -0.39 is 0 Å². The molecule has 1 aromatic heterocycles. The molecule has 0 radical (unpaired) electrons. The summed E-state index contributed by atoms with van der Waals surface area (Å²) in [7, 11) is 0. The highest BCUT2D eigenvalue weighted by Gasteiger charge is 2.21. The summed E-state index contributed by atoms with van der Waals surface area (Å²) in [5.41, 5.74) is 2.33. The average Bonchev–Trinajstić information content (AvgIpc) is 2.63. The molecule has 0 bridgehead atoms. The van der Waals surface area contributed by atoms with Gasteiger partial charge >= 0.3 is 0 Å². The van der Waals surface area contributed by atoms with Gasteiger partial charge < -0.3 is 20.2 Å². The van der Waals surface area contributed by atoms with Crippen molar-refractivity contribution in [2.24, 2.45) is 0 Å². The summed E-state index contributed by atoms with van der Waals surface area (Å²) in [5.74, 6) is 1.39. The van der Waals surface area contributed by atoms with E-state index >= 15 is 0 Å². The minimum absolute atomic E-state index is 0.224. The topological polar surface area (TPSA) is 51.6 Å². The van der Waals surface area contributed by atoms with Gasteiger partial charge in [-0.1, -0.05) is 26.0 Å². The highest BCUT2D eigenvalue weighted by Crippen LogP contribution is 2.24. The third kappa shape index (κ3) is 4.20. The molecule has 1 aliphatic rings. The summed E-state index contributed by atoms with van der Waals surface area (Å²) < 4.78 is 0. The average molecular weight is 356 g/mol. The Morgan fingerprint density at radius 2 is 1.80 bits per heavy atom. The van der Waals surface area contributed by atoms with Crippen LogP contribution in [-0.4, -0.2) is 46.3 Å². The molecule has 6 heteroatoms. The largest absolute Gasteiger partial charge is 0.504 e. The van der Waals surface area contributed by atoms with Crippen LogP contribution in [0, 0.1) is 0 Å². The number of aromatic hydroxyl groups is 1.